The summed E-state index contributed by atoms with van der Waals surface area (Å²) in [5.74, 6) is -0.307. The maximum absolute atomic E-state index is 11.8. The number of carbonyl (C=O) groups excluding carboxylic acids is 1. The van der Waals surface area contributed by atoms with Crippen molar-refractivity contribution in [2.24, 2.45) is 0 Å². The topological polar surface area (TPSA) is 112 Å². The van der Waals surface area contributed by atoms with Gasteiger partial charge in [-0.15, -0.1) is 0 Å². The fraction of sp³-hybridized carbons (Fsp3) is 0.0588. The molecule has 3 aromatic rings. The number of nitro benzene ring substituents is 1. The molecule has 0 spiro atoms. The van der Waals surface area contributed by atoms with Crippen LogP contribution in [0.15, 0.2) is 42.5 Å². The first-order chi connectivity index (χ1) is 11.5. The molecule has 0 aliphatic carbocycles. The van der Waals surface area contributed by atoms with Crippen molar-refractivity contribution in [3.05, 3.63) is 63.8 Å². The fourth-order valence-corrected chi connectivity index (χ4v) is 2.64. The van der Waals surface area contributed by atoms with Crippen molar-refractivity contribution in [2.45, 2.75) is 0 Å². The number of nitrogens with one attached hydrogen (secondary N) is 2. The van der Waals surface area contributed by atoms with Gasteiger partial charge in [-0.05, 0) is 24.3 Å². The quantitative estimate of drug-likeness (QED) is 0.570. The number of H-pyrrole nitrogens is 1. The summed E-state index contributed by atoms with van der Waals surface area (Å²) >= 11 is 0. The van der Waals surface area contributed by atoms with Crippen LogP contribution >= 0.6 is 0 Å². The summed E-state index contributed by atoms with van der Waals surface area (Å²) < 4.78 is 0. The molecule has 7 nitrogen and oxygen atoms in total. The number of hydrogen-bond donors (Lipinski definition) is 2. The number of aromatic nitrogens is 1. The molecule has 0 saturated heterocycles. The normalized spacial score (nSPS) is 10.3. The first-order valence-electron chi connectivity index (χ1n) is 7.08. The summed E-state index contributed by atoms with van der Waals surface area (Å²) in [5.41, 5.74) is 2.08. The predicted molar refractivity (Wildman–Crippen MR) is 88.5 cm³/mol. The molecule has 118 valence electrons. The SMILES string of the molecule is CNC(=O)c1cc2cc(C#N)cc(-c3ccccc3[N+](=O)[O-])c2[nH]1. The smallest absolute Gasteiger partial charge is 0.277 e. The summed E-state index contributed by atoms with van der Waals surface area (Å²) in [6.45, 7) is 0. The Morgan fingerprint density at radius 2 is 2.00 bits per heavy atom. The molecule has 0 radical (unpaired) electrons. The Kier molecular flexibility index (Phi) is 3.72. The van der Waals surface area contributed by atoms with Gasteiger partial charge in [-0.25, -0.2) is 0 Å². The molecule has 2 N–H and O–H groups in total. The van der Waals surface area contributed by atoms with Gasteiger partial charge in [0.05, 0.1) is 27.6 Å². The Balaban J connectivity index is 2.35. The second-order valence-electron chi connectivity index (χ2n) is 5.14. The van der Waals surface area contributed by atoms with E-state index in [-0.39, 0.29) is 11.6 Å². The molecule has 1 heterocycles. The lowest BCUT2D eigenvalue weighted by atomic mass is 9.99. The van der Waals surface area contributed by atoms with E-state index in [2.05, 4.69) is 10.3 Å². The van der Waals surface area contributed by atoms with Crippen molar-refractivity contribution in [1.82, 2.24) is 10.3 Å². The first-order valence-corrected chi connectivity index (χ1v) is 7.08. The molecule has 0 fully saturated rings. The lowest BCUT2D eigenvalue weighted by Gasteiger charge is -2.06. The molecule has 7 heteroatoms. The number of carbonyl (C=O) groups is 1. The largest absolute Gasteiger partial charge is 0.354 e. The van der Waals surface area contributed by atoms with E-state index < -0.39 is 4.92 Å². The Morgan fingerprint density at radius 3 is 2.67 bits per heavy atom. The van der Waals surface area contributed by atoms with Crippen molar-refractivity contribution in [3.63, 3.8) is 0 Å². The van der Waals surface area contributed by atoms with E-state index in [0.717, 1.165) is 0 Å². The highest BCUT2D eigenvalue weighted by molar-refractivity contribution is 6.03. The van der Waals surface area contributed by atoms with Gasteiger partial charge in [-0.3, -0.25) is 14.9 Å². The lowest BCUT2D eigenvalue weighted by molar-refractivity contribution is -0.384. The highest BCUT2D eigenvalue weighted by Crippen LogP contribution is 2.35. The second-order valence-corrected chi connectivity index (χ2v) is 5.14. The summed E-state index contributed by atoms with van der Waals surface area (Å²) in [6.07, 6.45) is 0. The minimum absolute atomic E-state index is 0.0648. The molecule has 0 unspecified atom stereocenters. The number of nitro groups is 1. The van der Waals surface area contributed by atoms with Gasteiger partial charge >= 0.3 is 0 Å². The van der Waals surface area contributed by atoms with E-state index in [1.807, 2.05) is 6.07 Å². The van der Waals surface area contributed by atoms with Gasteiger partial charge < -0.3 is 10.3 Å². The van der Waals surface area contributed by atoms with Crippen molar-refractivity contribution >= 4 is 22.5 Å². The van der Waals surface area contributed by atoms with Gasteiger partial charge in [0.2, 0.25) is 0 Å². The van der Waals surface area contributed by atoms with Crippen LogP contribution in [0.25, 0.3) is 22.0 Å². The van der Waals surface area contributed by atoms with Gasteiger partial charge in [-0.2, -0.15) is 5.26 Å². The van der Waals surface area contributed by atoms with Crippen LogP contribution in [0, 0.1) is 21.4 Å². The van der Waals surface area contributed by atoms with Crippen LogP contribution in [0.2, 0.25) is 0 Å². The van der Waals surface area contributed by atoms with Crippen molar-refractivity contribution < 1.29 is 9.72 Å². The van der Waals surface area contributed by atoms with Crippen LogP contribution in [0.4, 0.5) is 5.69 Å². The van der Waals surface area contributed by atoms with Gasteiger partial charge in [-0.1, -0.05) is 12.1 Å². The Morgan fingerprint density at radius 1 is 1.25 bits per heavy atom. The fourth-order valence-electron chi connectivity index (χ4n) is 2.64. The molecule has 24 heavy (non-hydrogen) atoms. The molecule has 0 aliphatic rings. The average Bonchev–Trinajstić information content (AvgIpc) is 3.04. The van der Waals surface area contributed by atoms with Crippen molar-refractivity contribution in [1.29, 1.82) is 5.26 Å². The molecule has 1 aromatic heterocycles. The highest BCUT2D eigenvalue weighted by atomic mass is 16.6. The highest BCUT2D eigenvalue weighted by Gasteiger charge is 2.19. The van der Waals surface area contributed by atoms with E-state index in [9.17, 15) is 20.2 Å². The maximum Gasteiger partial charge on any atom is 0.277 e. The van der Waals surface area contributed by atoms with E-state index in [0.29, 0.717) is 33.3 Å². The number of amides is 1. The zero-order valence-corrected chi connectivity index (χ0v) is 12.7. The molecular weight excluding hydrogens is 308 g/mol. The molecular formula is C17H12N4O3. The molecule has 1 amide bonds. The molecule has 2 aromatic carbocycles. The molecule has 0 aliphatic heterocycles. The number of fused-ring (bicyclic) bond motifs is 1. The zero-order chi connectivity index (χ0) is 17.3. The van der Waals surface area contributed by atoms with Crippen LogP contribution in [0.3, 0.4) is 0 Å². The minimum atomic E-state index is -0.469. The second kappa shape index (κ2) is 5.85. The molecule has 3 rings (SSSR count). The third-order valence-corrected chi connectivity index (χ3v) is 3.72. The van der Waals surface area contributed by atoms with E-state index in [1.165, 1.54) is 13.1 Å². The summed E-state index contributed by atoms with van der Waals surface area (Å²) in [4.78, 5) is 25.7. The van der Waals surface area contributed by atoms with Crippen molar-refractivity contribution in [2.75, 3.05) is 7.05 Å². The minimum Gasteiger partial charge on any atom is -0.354 e. The number of rotatable bonds is 3. The maximum atomic E-state index is 11.8. The van der Waals surface area contributed by atoms with Crippen LogP contribution < -0.4 is 5.32 Å². The van der Waals surface area contributed by atoms with Crippen molar-refractivity contribution in [3.8, 4) is 17.2 Å². The number of nitrogens with zero attached hydrogens (tertiary/aromatic N) is 2. The summed E-state index contributed by atoms with van der Waals surface area (Å²) in [7, 11) is 1.51. The number of para-hydroxylation sites is 1. The Bertz CT molecular complexity index is 1010. The van der Waals surface area contributed by atoms with Crippen LogP contribution in [0.5, 0.6) is 0 Å². The Hall–Kier alpha value is -3.66. The lowest BCUT2D eigenvalue weighted by Crippen LogP contribution is -2.17. The van der Waals surface area contributed by atoms with E-state index in [4.69, 9.17) is 0 Å². The van der Waals surface area contributed by atoms with Crippen LogP contribution in [-0.4, -0.2) is 22.9 Å². The summed E-state index contributed by atoms with van der Waals surface area (Å²) in [5, 5.41) is 23.7. The van der Waals surface area contributed by atoms with E-state index >= 15 is 0 Å². The number of benzene rings is 2. The van der Waals surface area contributed by atoms with Gasteiger partial charge in [0.1, 0.15) is 5.69 Å². The number of aromatic amines is 1. The van der Waals surface area contributed by atoms with Gasteiger partial charge in [0, 0.05) is 24.1 Å². The standard InChI is InChI=1S/C17H12N4O3/c1-19-17(22)14-8-11-6-10(9-18)7-13(16(11)20-14)12-4-2-3-5-15(12)21(23)24/h2-8,20H,1H3,(H,19,22). The monoisotopic (exact) mass is 320 g/mol. The average molecular weight is 320 g/mol. The number of hydrogen-bond acceptors (Lipinski definition) is 4. The van der Waals surface area contributed by atoms with Gasteiger partial charge in [0.15, 0.2) is 0 Å². The molecule has 0 saturated carbocycles. The first kappa shape index (κ1) is 15.2. The molecule has 0 atom stereocenters. The van der Waals surface area contributed by atoms with Gasteiger partial charge in [0.25, 0.3) is 11.6 Å². The summed E-state index contributed by atoms with van der Waals surface area (Å²) in [6, 6.07) is 13.2. The molecule has 0 bridgehead atoms. The zero-order valence-electron chi connectivity index (χ0n) is 12.7. The Labute approximate surface area is 136 Å². The van der Waals surface area contributed by atoms with Crippen LogP contribution in [0.1, 0.15) is 16.1 Å². The number of nitriles is 1. The van der Waals surface area contributed by atoms with E-state index in [1.54, 1.807) is 36.4 Å². The third kappa shape index (κ3) is 2.46. The third-order valence-electron chi connectivity index (χ3n) is 3.72. The predicted octanol–water partition coefficient (Wildman–Crippen LogP) is 2.97. The van der Waals surface area contributed by atoms with Crippen LogP contribution in [-0.2, 0) is 0 Å².